The van der Waals surface area contributed by atoms with Crippen LogP contribution in [0.2, 0.25) is 0 Å². The fraction of sp³-hybridized carbons (Fsp3) is 0.857. The van der Waals surface area contributed by atoms with Crippen molar-refractivity contribution in [3.63, 3.8) is 0 Å². The Morgan fingerprint density at radius 3 is 2.80 bits per heavy atom. The molecule has 2 unspecified atom stereocenters. The highest BCUT2D eigenvalue weighted by atomic mass is 16.5. The molecule has 0 aromatic heterocycles. The topological polar surface area (TPSA) is 70.7 Å². The molecule has 116 valence electrons. The van der Waals surface area contributed by atoms with Crippen LogP contribution < -0.4 is 10.6 Å². The molecule has 1 saturated heterocycles. The van der Waals surface area contributed by atoms with Crippen molar-refractivity contribution in [3.05, 3.63) is 0 Å². The molecule has 6 nitrogen and oxygen atoms in total. The highest BCUT2D eigenvalue weighted by molar-refractivity contribution is 5.88. The lowest BCUT2D eigenvalue weighted by molar-refractivity contribution is -0.147. The number of ether oxygens (including phenoxy) is 1. The fourth-order valence-electron chi connectivity index (χ4n) is 1.99. The van der Waals surface area contributed by atoms with E-state index in [1.54, 1.807) is 4.90 Å². The number of carbonyl (C=O) groups is 2. The first-order chi connectivity index (χ1) is 9.60. The van der Waals surface area contributed by atoms with E-state index in [0.29, 0.717) is 25.7 Å². The van der Waals surface area contributed by atoms with Gasteiger partial charge >= 0.3 is 0 Å². The summed E-state index contributed by atoms with van der Waals surface area (Å²) in [6.45, 7) is 8.25. The summed E-state index contributed by atoms with van der Waals surface area (Å²) in [5, 5.41) is 6.00. The Bertz CT molecular complexity index is 323. The first-order valence-electron chi connectivity index (χ1n) is 7.48. The van der Waals surface area contributed by atoms with Gasteiger partial charge in [0, 0.05) is 19.1 Å². The summed E-state index contributed by atoms with van der Waals surface area (Å²) < 4.78 is 5.34. The first kappa shape index (κ1) is 16.9. The average Bonchev–Trinajstić information content (AvgIpc) is 2.49. The molecule has 0 spiro atoms. The third kappa shape index (κ3) is 5.09. The van der Waals surface area contributed by atoms with Gasteiger partial charge in [0.1, 0.15) is 6.04 Å². The zero-order valence-electron chi connectivity index (χ0n) is 12.8. The SMILES string of the molecule is CCCNC(=O)C1COCCN1C(=O)CNC(C)CC. The van der Waals surface area contributed by atoms with Gasteiger partial charge in [-0.15, -0.1) is 0 Å². The largest absolute Gasteiger partial charge is 0.377 e. The van der Waals surface area contributed by atoms with Crippen molar-refractivity contribution in [2.75, 3.05) is 32.8 Å². The Hall–Kier alpha value is -1.14. The monoisotopic (exact) mass is 285 g/mol. The predicted molar refractivity (Wildman–Crippen MR) is 77.4 cm³/mol. The Balaban J connectivity index is 2.54. The van der Waals surface area contributed by atoms with Crippen LogP contribution >= 0.6 is 0 Å². The van der Waals surface area contributed by atoms with Crippen LogP contribution in [-0.2, 0) is 14.3 Å². The van der Waals surface area contributed by atoms with Gasteiger partial charge < -0.3 is 20.3 Å². The average molecular weight is 285 g/mol. The smallest absolute Gasteiger partial charge is 0.245 e. The molecule has 2 atom stereocenters. The van der Waals surface area contributed by atoms with Crippen LogP contribution in [0.3, 0.4) is 0 Å². The Kier molecular flexibility index (Phi) is 7.54. The molecule has 1 heterocycles. The van der Waals surface area contributed by atoms with E-state index in [1.807, 2.05) is 13.8 Å². The molecule has 6 heteroatoms. The molecule has 0 radical (unpaired) electrons. The lowest BCUT2D eigenvalue weighted by Gasteiger charge is -2.34. The van der Waals surface area contributed by atoms with Gasteiger partial charge in [0.2, 0.25) is 11.8 Å². The molecule has 0 aromatic rings. The molecule has 1 aliphatic heterocycles. The standard InChI is InChI=1S/C14H27N3O3/c1-4-6-15-14(19)12-10-20-8-7-17(12)13(18)9-16-11(3)5-2/h11-12,16H,4-10H2,1-3H3,(H,15,19). The second kappa shape index (κ2) is 8.92. The molecule has 0 saturated carbocycles. The number of amides is 2. The molecule has 20 heavy (non-hydrogen) atoms. The van der Waals surface area contributed by atoms with Gasteiger partial charge in [-0.25, -0.2) is 0 Å². The molecule has 1 rings (SSSR count). The van der Waals surface area contributed by atoms with Crippen molar-refractivity contribution in [3.8, 4) is 0 Å². The van der Waals surface area contributed by atoms with Crippen LogP contribution in [0.15, 0.2) is 0 Å². The second-order valence-corrected chi connectivity index (χ2v) is 5.16. The Labute approximate surface area is 121 Å². The molecule has 0 aliphatic carbocycles. The van der Waals surface area contributed by atoms with E-state index in [2.05, 4.69) is 17.6 Å². The third-order valence-corrected chi connectivity index (χ3v) is 3.51. The molecule has 0 bridgehead atoms. The van der Waals surface area contributed by atoms with Crippen molar-refractivity contribution in [2.24, 2.45) is 0 Å². The second-order valence-electron chi connectivity index (χ2n) is 5.16. The zero-order valence-corrected chi connectivity index (χ0v) is 12.8. The van der Waals surface area contributed by atoms with E-state index < -0.39 is 6.04 Å². The number of morpholine rings is 1. The maximum atomic E-state index is 12.2. The number of nitrogens with zero attached hydrogens (tertiary/aromatic N) is 1. The summed E-state index contributed by atoms with van der Waals surface area (Å²) in [6, 6.07) is -0.200. The van der Waals surface area contributed by atoms with Gasteiger partial charge in [-0.05, 0) is 19.8 Å². The highest BCUT2D eigenvalue weighted by Crippen LogP contribution is 2.07. The van der Waals surface area contributed by atoms with Crippen LogP contribution in [0.25, 0.3) is 0 Å². The lowest BCUT2D eigenvalue weighted by Crippen LogP contribution is -2.57. The molecule has 2 N–H and O–H groups in total. The van der Waals surface area contributed by atoms with Crippen molar-refractivity contribution in [2.45, 2.75) is 45.7 Å². The first-order valence-corrected chi connectivity index (χ1v) is 7.48. The van der Waals surface area contributed by atoms with Gasteiger partial charge in [-0.1, -0.05) is 13.8 Å². The summed E-state index contributed by atoms with van der Waals surface area (Å²) in [5.74, 6) is -0.159. The van der Waals surface area contributed by atoms with Crippen LogP contribution in [-0.4, -0.2) is 61.6 Å². The van der Waals surface area contributed by atoms with Crippen LogP contribution in [0.1, 0.15) is 33.6 Å². The summed E-state index contributed by atoms with van der Waals surface area (Å²) in [7, 11) is 0. The van der Waals surface area contributed by atoms with E-state index in [4.69, 9.17) is 4.74 Å². The number of hydrogen-bond donors (Lipinski definition) is 2. The number of rotatable bonds is 7. The number of nitrogens with one attached hydrogen (secondary N) is 2. The zero-order chi connectivity index (χ0) is 15.0. The van der Waals surface area contributed by atoms with E-state index in [0.717, 1.165) is 12.8 Å². The van der Waals surface area contributed by atoms with E-state index in [-0.39, 0.29) is 25.0 Å². The lowest BCUT2D eigenvalue weighted by atomic mass is 10.2. The fourth-order valence-corrected chi connectivity index (χ4v) is 1.99. The van der Waals surface area contributed by atoms with Crippen LogP contribution in [0, 0.1) is 0 Å². The third-order valence-electron chi connectivity index (χ3n) is 3.51. The van der Waals surface area contributed by atoms with Crippen molar-refractivity contribution >= 4 is 11.8 Å². The molecular weight excluding hydrogens is 258 g/mol. The molecule has 1 fully saturated rings. The minimum absolute atomic E-state index is 0.0368. The number of hydrogen-bond acceptors (Lipinski definition) is 4. The van der Waals surface area contributed by atoms with Crippen molar-refractivity contribution < 1.29 is 14.3 Å². The maximum absolute atomic E-state index is 12.2. The molecule has 2 amide bonds. The van der Waals surface area contributed by atoms with Gasteiger partial charge in [0.05, 0.1) is 19.8 Å². The molecule has 0 aromatic carbocycles. The molecule has 1 aliphatic rings. The summed E-state index contributed by atoms with van der Waals surface area (Å²) in [6.07, 6.45) is 1.85. The normalized spacial score (nSPS) is 20.6. The minimum Gasteiger partial charge on any atom is -0.377 e. The Morgan fingerprint density at radius 1 is 1.40 bits per heavy atom. The van der Waals surface area contributed by atoms with Gasteiger partial charge in [0.25, 0.3) is 0 Å². The van der Waals surface area contributed by atoms with E-state index in [1.165, 1.54) is 0 Å². The minimum atomic E-state index is -0.499. The van der Waals surface area contributed by atoms with Gasteiger partial charge in [0.15, 0.2) is 0 Å². The summed E-state index contributed by atoms with van der Waals surface area (Å²) in [4.78, 5) is 25.9. The summed E-state index contributed by atoms with van der Waals surface area (Å²) in [5.41, 5.74) is 0. The highest BCUT2D eigenvalue weighted by Gasteiger charge is 2.32. The quantitative estimate of drug-likeness (QED) is 0.697. The van der Waals surface area contributed by atoms with Crippen molar-refractivity contribution in [1.29, 1.82) is 0 Å². The molecular formula is C14H27N3O3. The van der Waals surface area contributed by atoms with Crippen molar-refractivity contribution in [1.82, 2.24) is 15.5 Å². The van der Waals surface area contributed by atoms with Gasteiger partial charge in [-0.3, -0.25) is 9.59 Å². The Morgan fingerprint density at radius 2 is 2.15 bits per heavy atom. The predicted octanol–water partition coefficient (Wildman–Crippen LogP) is 0.128. The van der Waals surface area contributed by atoms with E-state index >= 15 is 0 Å². The number of carbonyl (C=O) groups excluding carboxylic acids is 2. The van der Waals surface area contributed by atoms with Crippen LogP contribution in [0.5, 0.6) is 0 Å². The van der Waals surface area contributed by atoms with Crippen LogP contribution in [0.4, 0.5) is 0 Å². The maximum Gasteiger partial charge on any atom is 0.245 e. The van der Waals surface area contributed by atoms with Gasteiger partial charge in [-0.2, -0.15) is 0 Å². The van der Waals surface area contributed by atoms with E-state index in [9.17, 15) is 9.59 Å². The summed E-state index contributed by atoms with van der Waals surface area (Å²) >= 11 is 0.